The van der Waals surface area contributed by atoms with Crippen LogP contribution in [0.2, 0.25) is 0 Å². The van der Waals surface area contributed by atoms with Crippen LogP contribution in [0.1, 0.15) is 322 Å². The average Bonchev–Trinajstić information content (AvgIpc) is 3.36. The van der Waals surface area contributed by atoms with Crippen molar-refractivity contribution in [2.45, 2.75) is 334 Å². The van der Waals surface area contributed by atoms with Crippen LogP contribution in [0.4, 0.5) is 0 Å². The van der Waals surface area contributed by atoms with Gasteiger partial charge in [-0.15, -0.1) is 0 Å². The van der Waals surface area contributed by atoms with Crippen LogP contribution in [0.3, 0.4) is 0 Å². The van der Waals surface area contributed by atoms with E-state index < -0.39 is 12.1 Å². The molecule has 0 aliphatic rings. The lowest BCUT2D eigenvalue weighted by Gasteiger charge is -2.22. The standard InChI is InChI=1S/C64H119NO5/c1-3-5-7-9-11-13-15-17-19-21-22-26-30-34-38-42-46-50-54-58-64(69)70-59-55-51-47-43-39-35-31-27-23-25-29-33-37-41-45-49-53-57-63(68)65-61(60-66)62(67)56-52-48-44-40-36-32-28-24-20-18-16-14-12-10-8-6-4-2/h11,13,17,19,23,27,35,39,61-62,66-67H,3-10,12,14-16,18,20-22,24-26,28-34,36-38,40-60H2,1-2H3,(H,65,68)/b13-11-,19-17-,27-23-,39-35-. The molecule has 6 heteroatoms. The number of aliphatic hydroxyl groups is 2. The summed E-state index contributed by atoms with van der Waals surface area (Å²) in [7, 11) is 0. The van der Waals surface area contributed by atoms with Crippen molar-refractivity contribution in [1.29, 1.82) is 0 Å². The Balaban J connectivity index is 3.49. The number of ether oxygens (including phenoxy) is 1. The maximum absolute atomic E-state index is 12.5. The number of hydrogen-bond donors (Lipinski definition) is 3. The van der Waals surface area contributed by atoms with Crippen LogP contribution >= 0.6 is 0 Å². The number of aliphatic hydroxyl groups excluding tert-OH is 2. The highest BCUT2D eigenvalue weighted by Gasteiger charge is 2.20. The largest absolute Gasteiger partial charge is 0.466 e. The second-order valence-electron chi connectivity index (χ2n) is 21.0. The van der Waals surface area contributed by atoms with E-state index in [-0.39, 0.29) is 18.5 Å². The van der Waals surface area contributed by atoms with E-state index in [1.165, 1.54) is 199 Å². The van der Waals surface area contributed by atoms with Crippen LogP contribution in [0.5, 0.6) is 0 Å². The first-order valence-corrected chi connectivity index (χ1v) is 30.9. The van der Waals surface area contributed by atoms with E-state index in [9.17, 15) is 19.8 Å². The summed E-state index contributed by atoms with van der Waals surface area (Å²) in [4.78, 5) is 24.6. The number of hydrogen-bond acceptors (Lipinski definition) is 5. The molecule has 0 aromatic carbocycles. The first-order valence-electron chi connectivity index (χ1n) is 30.9. The van der Waals surface area contributed by atoms with Gasteiger partial charge in [0.15, 0.2) is 0 Å². The molecule has 0 aromatic heterocycles. The van der Waals surface area contributed by atoms with Crippen LogP contribution in [-0.4, -0.2) is 47.4 Å². The molecule has 0 aliphatic carbocycles. The van der Waals surface area contributed by atoms with Gasteiger partial charge in [-0.1, -0.05) is 262 Å². The molecule has 410 valence electrons. The lowest BCUT2D eigenvalue weighted by atomic mass is 10.0. The SMILES string of the molecule is CCCCC/C=C\C/C=C\CCCCCCCCCCCC(=O)OCCCCC/C=C\C/C=C\CCCCCCCCCC(=O)NC(CO)C(O)CCCCCCCCCCCCCCCCCCC. The number of nitrogens with one attached hydrogen (secondary N) is 1. The quantitative estimate of drug-likeness (QED) is 0.0321. The fraction of sp³-hybridized carbons (Fsp3) is 0.844. The molecule has 0 aromatic rings. The minimum absolute atomic E-state index is 0.0192. The summed E-state index contributed by atoms with van der Waals surface area (Å²) in [5.74, 6) is -0.0693. The van der Waals surface area contributed by atoms with Crippen LogP contribution in [0.25, 0.3) is 0 Å². The van der Waals surface area contributed by atoms with Crippen molar-refractivity contribution in [2.75, 3.05) is 13.2 Å². The van der Waals surface area contributed by atoms with Crippen molar-refractivity contribution >= 4 is 11.9 Å². The molecule has 0 rings (SSSR count). The van der Waals surface area contributed by atoms with Crippen molar-refractivity contribution < 1.29 is 24.5 Å². The summed E-state index contributed by atoms with van der Waals surface area (Å²) >= 11 is 0. The number of unbranched alkanes of at least 4 members (excludes halogenated alkanes) is 38. The molecule has 3 N–H and O–H groups in total. The smallest absolute Gasteiger partial charge is 0.305 e. The molecule has 0 heterocycles. The highest BCUT2D eigenvalue weighted by Crippen LogP contribution is 2.17. The Bertz CT molecular complexity index is 1180. The van der Waals surface area contributed by atoms with E-state index in [4.69, 9.17) is 4.74 Å². The molecule has 2 atom stereocenters. The van der Waals surface area contributed by atoms with Gasteiger partial charge in [0.2, 0.25) is 5.91 Å². The molecule has 70 heavy (non-hydrogen) atoms. The number of allylic oxidation sites excluding steroid dienone is 8. The minimum atomic E-state index is -0.676. The predicted molar refractivity (Wildman–Crippen MR) is 306 cm³/mol. The normalized spacial score (nSPS) is 12.9. The van der Waals surface area contributed by atoms with Gasteiger partial charge in [-0.2, -0.15) is 0 Å². The van der Waals surface area contributed by atoms with Gasteiger partial charge in [0.25, 0.3) is 0 Å². The van der Waals surface area contributed by atoms with Crippen LogP contribution in [0.15, 0.2) is 48.6 Å². The van der Waals surface area contributed by atoms with Crippen LogP contribution < -0.4 is 5.32 Å². The fourth-order valence-corrected chi connectivity index (χ4v) is 9.35. The van der Waals surface area contributed by atoms with Crippen molar-refractivity contribution in [3.63, 3.8) is 0 Å². The monoisotopic (exact) mass is 982 g/mol. The molecule has 0 saturated carbocycles. The molecule has 0 spiro atoms. The fourth-order valence-electron chi connectivity index (χ4n) is 9.35. The maximum Gasteiger partial charge on any atom is 0.305 e. The van der Waals surface area contributed by atoms with Gasteiger partial charge in [0.1, 0.15) is 0 Å². The molecular weight excluding hydrogens is 863 g/mol. The molecule has 0 saturated heterocycles. The minimum Gasteiger partial charge on any atom is -0.466 e. The first-order chi connectivity index (χ1) is 34.5. The zero-order chi connectivity index (χ0) is 50.7. The summed E-state index contributed by atoms with van der Waals surface area (Å²) in [6, 6.07) is -0.555. The van der Waals surface area contributed by atoms with E-state index in [2.05, 4.69) is 67.8 Å². The third-order valence-corrected chi connectivity index (χ3v) is 14.1. The lowest BCUT2D eigenvalue weighted by molar-refractivity contribution is -0.143. The summed E-state index contributed by atoms with van der Waals surface area (Å²) < 4.78 is 5.47. The van der Waals surface area contributed by atoms with Crippen molar-refractivity contribution in [2.24, 2.45) is 0 Å². The molecule has 1 amide bonds. The van der Waals surface area contributed by atoms with E-state index in [1.54, 1.807) is 0 Å². The second-order valence-corrected chi connectivity index (χ2v) is 21.0. The van der Waals surface area contributed by atoms with Gasteiger partial charge in [-0.3, -0.25) is 9.59 Å². The number of rotatable bonds is 57. The van der Waals surface area contributed by atoms with Crippen molar-refractivity contribution in [1.82, 2.24) is 5.32 Å². The Morgan fingerprint density at radius 3 is 1.11 bits per heavy atom. The maximum atomic E-state index is 12.5. The van der Waals surface area contributed by atoms with Gasteiger partial charge in [-0.05, 0) is 96.3 Å². The Morgan fingerprint density at radius 1 is 0.400 bits per heavy atom. The summed E-state index contributed by atoms with van der Waals surface area (Å²) in [6.45, 7) is 4.89. The van der Waals surface area contributed by atoms with Crippen LogP contribution in [-0.2, 0) is 14.3 Å². The molecule has 6 nitrogen and oxygen atoms in total. The van der Waals surface area contributed by atoms with E-state index in [0.29, 0.717) is 25.9 Å². The average molecular weight is 983 g/mol. The predicted octanol–water partition coefficient (Wildman–Crippen LogP) is 19.4. The molecule has 0 bridgehead atoms. The second kappa shape index (κ2) is 59.4. The zero-order valence-corrected chi connectivity index (χ0v) is 46.7. The summed E-state index contributed by atoms with van der Waals surface area (Å²) in [5, 5.41) is 23.3. The van der Waals surface area contributed by atoms with E-state index >= 15 is 0 Å². The molecule has 0 aliphatic heterocycles. The third kappa shape index (κ3) is 55.1. The highest BCUT2D eigenvalue weighted by molar-refractivity contribution is 5.76. The zero-order valence-electron chi connectivity index (χ0n) is 46.7. The molecular formula is C64H119NO5. The number of amides is 1. The van der Waals surface area contributed by atoms with Gasteiger partial charge in [-0.25, -0.2) is 0 Å². The summed E-state index contributed by atoms with van der Waals surface area (Å²) in [6.07, 6.45) is 75.4. The Morgan fingerprint density at radius 2 is 0.714 bits per heavy atom. The van der Waals surface area contributed by atoms with E-state index in [1.807, 2.05) is 0 Å². The van der Waals surface area contributed by atoms with Gasteiger partial charge in [0, 0.05) is 12.8 Å². The summed E-state index contributed by atoms with van der Waals surface area (Å²) in [5.41, 5.74) is 0. The van der Waals surface area contributed by atoms with Crippen molar-refractivity contribution in [3.05, 3.63) is 48.6 Å². The van der Waals surface area contributed by atoms with Gasteiger partial charge < -0.3 is 20.3 Å². The lowest BCUT2D eigenvalue weighted by Crippen LogP contribution is -2.45. The van der Waals surface area contributed by atoms with Gasteiger partial charge >= 0.3 is 5.97 Å². The third-order valence-electron chi connectivity index (χ3n) is 14.1. The molecule has 0 fully saturated rings. The van der Waals surface area contributed by atoms with Crippen LogP contribution in [0, 0.1) is 0 Å². The molecule has 0 radical (unpaired) electrons. The Labute approximate surface area is 436 Å². The molecule has 2 unspecified atom stereocenters. The van der Waals surface area contributed by atoms with Crippen molar-refractivity contribution in [3.8, 4) is 0 Å². The topological polar surface area (TPSA) is 95.9 Å². The highest BCUT2D eigenvalue weighted by atomic mass is 16.5. The van der Waals surface area contributed by atoms with E-state index in [0.717, 1.165) is 89.9 Å². The van der Waals surface area contributed by atoms with Gasteiger partial charge in [0.05, 0.1) is 25.4 Å². The first kappa shape index (κ1) is 67.8. The number of carbonyl (C=O) groups excluding carboxylic acids is 2. The Hall–Kier alpha value is -2.18. The number of esters is 1. The Kier molecular flexibility index (Phi) is 57.5. The number of carbonyl (C=O) groups is 2.